The van der Waals surface area contributed by atoms with Crippen molar-refractivity contribution in [1.82, 2.24) is 14.5 Å². The number of aromatic nitrogens is 3. The van der Waals surface area contributed by atoms with E-state index in [0.717, 1.165) is 17.0 Å². The Labute approximate surface area is 177 Å². The predicted octanol–water partition coefficient (Wildman–Crippen LogP) is 5.48. The third kappa shape index (κ3) is 4.61. The molecular weight excluding hydrogens is 411 g/mol. The molecule has 2 aromatic heterocycles. The Kier molecular flexibility index (Phi) is 6.70. The van der Waals surface area contributed by atoms with Gasteiger partial charge in [-0.2, -0.15) is 0 Å². The first-order valence-electron chi connectivity index (χ1n) is 9.54. The van der Waals surface area contributed by atoms with Crippen molar-refractivity contribution < 1.29 is 13.2 Å². The number of anilines is 1. The van der Waals surface area contributed by atoms with Gasteiger partial charge < -0.3 is 9.29 Å². The van der Waals surface area contributed by atoms with Crippen LogP contribution >= 0.6 is 11.9 Å². The van der Waals surface area contributed by atoms with Crippen LogP contribution in [0.3, 0.4) is 0 Å². The lowest BCUT2D eigenvalue weighted by Gasteiger charge is -2.14. The molecule has 0 amide bonds. The monoisotopic (exact) mass is 435 g/mol. The van der Waals surface area contributed by atoms with E-state index in [1.54, 1.807) is 13.1 Å². The molecule has 0 saturated carbocycles. The second-order valence-electron chi connectivity index (χ2n) is 7.25. The average Bonchev–Trinajstić information content (AvgIpc) is 2.70. The van der Waals surface area contributed by atoms with E-state index in [1.165, 1.54) is 24.1 Å². The highest BCUT2D eigenvalue weighted by molar-refractivity contribution is 8.01. The molecule has 0 unspecified atom stereocenters. The van der Waals surface area contributed by atoms with Crippen molar-refractivity contribution >= 4 is 28.7 Å². The van der Waals surface area contributed by atoms with Gasteiger partial charge in [0.15, 0.2) is 5.49 Å². The molecule has 2 heterocycles. The molecule has 1 atom stereocenters. The van der Waals surface area contributed by atoms with Crippen molar-refractivity contribution in [3.63, 3.8) is 0 Å². The molecule has 0 aliphatic heterocycles. The largest absolute Gasteiger partial charge is 0.331 e. The van der Waals surface area contributed by atoms with Gasteiger partial charge in [0.2, 0.25) is 0 Å². The zero-order chi connectivity index (χ0) is 22.0. The predicted molar refractivity (Wildman–Crippen MR) is 115 cm³/mol. The fourth-order valence-corrected chi connectivity index (χ4v) is 3.47. The molecule has 1 aromatic carbocycles. The summed E-state index contributed by atoms with van der Waals surface area (Å²) in [6.07, 6.45) is -1.15. The molecule has 0 spiro atoms. The minimum Gasteiger partial charge on any atom is -0.331 e. The molecule has 3 rings (SSSR count). The molecule has 0 aliphatic rings. The summed E-state index contributed by atoms with van der Waals surface area (Å²) in [5, 5.41) is 1.10. The van der Waals surface area contributed by atoms with Crippen molar-refractivity contribution in [3.8, 4) is 0 Å². The van der Waals surface area contributed by atoms with E-state index >= 15 is 0 Å². The molecule has 0 fully saturated rings. The molecule has 3 aromatic rings. The van der Waals surface area contributed by atoms with Gasteiger partial charge in [0.25, 0.3) is 6.43 Å². The molecular formula is C21H24F3N5S. The number of nitrogens with one attached hydrogen (secondary N) is 1. The first-order valence-corrected chi connectivity index (χ1v) is 10.4. The third-order valence-corrected chi connectivity index (χ3v) is 5.50. The number of fused-ring (bicyclic) bond motifs is 1. The molecule has 0 radical (unpaired) electrons. The number of alkyl halides is 2. The summed E-state index contributed by atoms with van der Waals surface area (Å²) in [6, 6.07) is 5.13. The van der Waals surface area contributed by atoms with Crippen LogP contribution in [0.2, 0.25) is 0 Å². The molecule has 0 saturated heterocycles. The van der Waals surface area contributed by atoms with Gasteiger partial charge in [0.1, 0.15) is 17.5 Å². The van der Waals surface area contributed by atoms with Crippen molar-refractivity contribution in [2.45, 2.75) is 45.4 Å². The first-order chi connectivity index (χ1) is 14.2. The Morgan fingerprint density at radius 1 is 1.17 bits per heavy atom. The van der Waals surface area contributed by atoms with Crippen LogP contribution in [-0.4, -0.2) is 19.8 Å². The SMILES string of the molecule is Cc1nc(=N[C@H](C)c2cccc(C(F)F)c2F)c2cc(NSC(C)C)ncc2n1C. The molecule has 30 heavy (non-hydrogen) atoms. The Hall–Kier alpha value is -2.55. The molecule has 160 valence electrons. The van der Waals surface area contributed by atoms with Crippen LogP contribution in [0.1, 0.15) is 50.2 Å². The lowest BCUT2D eigenvalue weighted by Crippen LogP contribution is -2.18. The molecule has 0 bridgehead atoms. The van der Waals surface area contributed by atoms with Crippen LogP contribution < -0.4 is 10.2 Å². The van der Waals surface area contributed by atoms with Gasteiger partial charge >= 0.3 is 0 Å². The number of hydrogen-bond donors (Lipinski definition) is 1. The van der Waals surface area contributed by atoms with Gasteiger partial charge in [-0.3, -0.25) is 4.99 Å². The van der Waals surface area contributed by atoms with Crippen LogP contribution in [-0.2, 0) is 7.05 Å². The Balaban J connectivity index is 2.14. The van der Waals surface area contributed by atoms with Crippen LogP contribution in [0.15, 0.2) is 35.5 Å². The molecule has 1 N–H and O–H groups in total. The fraction of sp³-hybridized carbons (Fsp3) is 0.381. The summed E-state index contributed by atoms with van der Waals surface area (Å²) in [6.45, 7) is 7.63. The quantitative estimate of drug-likeness (QED) is 0.521. The zero-order valence-corrected chi connectivity index (χ0v) is 18.3. The lowest BCUT2D eigenvalue weighted by atomic mass is 10.0. The maximum Gasteiger partial charge on any atom is 0.266 e. The van der Waals surface area contributed by atoms with E-state index < -0.39 is 23.8 Å². The standard InChI is InChI=1S/C21H24F3N5S/c1-11(2)30-28-18-9-16-17(10-25-18)29(5)13(4)27-21(16)26-12(3)14-7-6-8-15(19(14)22)20(23)24/h6-12,20H,1-5H3,(H,25,28)/t12-/m1/s1. The zero-order valence-electron chi connectivity index (χ0n) is 17.4. The van der Waals surface area contributed by atoms with Crippen LogP contribution in [0.5, 0.6) is 0 Å². The number of hydrogen-bond acceptors (Lipinski definition) is 5. The maximum absolute atomic E-state index is 14.6. The van der Waals surface area contributed by atoms with E-state index in [1.807, 2.05) is 24.6 Å². The topological polar surface area (TPSA) is 55.1 Å². The second-order valence-corrected chi connectivity index (χ2v) is 8.64. The maximum atomic E-state index is 14.6. The van der Waals surface area contributed by atoms with Crippen molar-refractivity contribution in [3.05, 3.63) is 58.7 Å². The molecule has 5 nitrogen and oxygen atoms in total. The van der Waals surface area contributed by atoms with Gasteiger partial charge in [-0.05, 0) is 31.9 Å². The number of rotatable bonds is 6. The van der Waals surface area contributed by atoms with E-state index in [-0.39, 0.29) is 5.56 Å². The fourth-order valence-electron chi connectivity index (χ4n) is 3.00. The third-order valence-electron chi connectivity index (χ3n) is 4.70. The Morgan fingerprint density at radius 3 is 2.53 bits per heavy atom. The number of aryl methyl sites for hydroxylation is 2. The second kappa shape index (κ2) is 9.07. The molecule has 9 heteroatoms. The van der Waals surface area contributed by atoms with Gasteiger partial charge in [0, 0.05) is 23.2 Å². The normalized spacial score (nSPS) is 13.5. The number of pyridine rings is 1. The average molecular weight is 436 g/mol. The minimum atomic E-state index is -2.88. The van der Waals surface area contributed by atoms with E-state index in [2.05, 4.69) is 33.5 Å². The van der Waals surface area contributed by atoms with Crippen molar-refractivity contribution in [2.75, 3.05) is 4.72 Å². The lowest BCUT2D eigenvalue weighted by molar-refractivity contribution is 0.146. The van der Waals surface area contributed by atoms with E-state index in [4.69, 9.17) is 0 Å². The van der Waals surface area contributed by atoms with Crippen LogP contribution in [0.25, 0.3) is 10.9 Å². The van der Waals surface area contributed by atoms with E-state index in [0.29, 0.717) is 22.4 Å². The number of halogens is 3. The van der Waals surface area contributed by atoms with Gasteiger partial charge in [-0.25, -0.2) is 23.1 Å². The smallest absolute Gasteiger partial charge is 0.266 e. The van der Waals surface area contributed by atoms with Gasteiger partial charge in [-0.15, -0.1) is 0 Å². The van der Waals surface area contributed by atoms with E-state index in [9.17, 15) is 13.2 Å². The van der Waals surface area contributed by atoms with Crippen molar-refractivity contribution in [2.24, 2.45) is 12.0 Å². The summed E-state index contributed by atoms with van der Waals surface area (Å²) < 4.78 is 45.8. The number of benzene rings is 1. The summed E-state index contributed by atoms with van der Waals surface area (Å²) in [4.78, 5) is 13.6. The molecule has 0 aliphatic carbocycles. The highest BCUT2D eigenvalue weighted by Crippen LogP contribution is 2.28. The van der Waals surface area contributed by atoms with Gasteiger partial charge in [-0.1, -0.05) is 32.0 Å². The van der Waals surface area contributed by atoms with Gasteiger partial charge in [0.05, 0.1) is 23.3 Å². The Morgan fingerprint density at radius 2 is 1.87 bits per heavy atom. The summed E-state index contributed by atoms with van der Waals surface area (Å²) >= 11 is 1.53. The number of nitrogens with zero attached hydrogens (tertiary/aromatic N) is 4. The first kappa shape index (κ1) is 22.1. The van der Waals surface area contributed by atoms with Crippen LogP contribution in [0.4, 0.5) is 19.0 Å². The summed E-state index contributed by atoms with van der Waals surface area (Å²) in [7, 11) is 1.88. The minimum absolute atomic E-state index is 0.108. The Bertz CT molecular complexity index is 1130. The van der Waals surface area contributed by atoms with Crippen LogP contribution in [0, 0.1) is 12.7 Å². The highest BCUT2D eigenvalue weighted by atomic mass is 32.2. The van der Waals surface area contributed by atoms with Crippen molar-refractivity contribution in [1.29, 1.82) is 0 Å². The summed E-state index contributed by atoms with van der Waals surface area (Å²) in [5.41, 5.74) is 0.714. The summed E-state index contributed by atoms with van der Waals surface area (Å²) in [5.74, 6) is 0.430. The highest BCUT2D eigenvalue weighted by Gasteiger charge is 2.19.